The molecule has 2 aromatic rings. The third-order valence-corrected chi connectivity index (χ3v) is 4.55. The third-order valence-electron chi connectivity index (χ3n) is 4.55. The van der Waals surface area contributed by atoms with Crippen molar-refractivity contribution in [3.05, 3.63) is 70.8 Å². The summed E-state index contributed by atoms with van der Waals surface area (Å²) < 4.78 is 11.4. The Morgan fingerprint density at radius 1 is 1.19 bits per heavy atom. The van der Waals surface area contributed by atoms with E-state index in [1.807, 2.05) is 44.2 Å². The van der Waals surface area contributed by atoms with Crippen LogP contribution in [0.15, 0.2) is 54.1 Å². The van der Waals surface area contributed by atoms with Crippen molar-refractivity contribution in [3.63, 3.8) is 0 Å². The largest absolute Gasteiger partial charge is 0.492 e. The van der Waals surface area contributed by atoms with Gasteiger partial charge in [-0.15, -0.1) is 0 Å². The smallest absolute Gasteiger partial charge is 0.308 e. The Morgan fingerprint density at radius 2 is 1.92 bits per heavy atom. The molecule has 136 valence electrons. The second-order valence-corrected chi connectivity index (χ2v) is 6.81. The standard InChI is InChI=1S/C22H24O4/c1-14(2)9-10-17-20(26-15(3)23)12-11-18-21(24)19(13-25-22(17)18)16-7-5-4-6-8-16/h4-9,11-12,19,21,24H,10,13H2,1-3H3/t19-,21-/m0/s1. The molecule has 1 N–H and O–H groups in total. The fourth-order valence-corrected chi connectivity index (χ4v) is 3.24. The molecule has 0 saturated carbocycles. The number of ether oxygens (including phenoxy) is 2. The van der Waals surface area contributed by atoms with Gasteiger partial charge in [0.1, 0.15) is 11.5 Å². The maximum atomic E-state index is 11.4. The van der Waals surface area contributed by atoms with E-state index in [2.05, 4.69) is 6.08 Å². The lowest BCUT2D eigenvalue weighted by Crippen LogP contribution is -2.25. The number of benzene rings is 2. The number of esters is 1. The Bertz CT molecular complexity index is 820. The SMILES string of the molecule is CC(=O)Oc1ccc2c(c1CC=C(C)C)OC[C@@H](c1ccccc1)[C@H]2O. The Kier molecular flexibility index (Phi) is 5.43. The fourth-order valence-electron chi connectivity index (χ4n) is 3.24. The Morgan fingerprint density at radius 3 is 2.58 bits per heavy atom. The molecule has 2 aromatic carbocycles. The number of aliphatic hydroxyl groups is 1. The highest BCUT2D eigenvalue weighted by Crippen LogP contribution is 2.45. The first-order chi connectivity index (χ1) is 12.5. The molecule has 26 heavy (non-hydrogen) atoms. The number of fused-ring (bicyclic) bond motifs is 1. The zero-order chi connectivity index (χ0) is 18.7. The number of rotatable bonds is 4. The zero-order valence-electron chi connectivity index (χ0n) is 15.4. The fraction of sp³-hybridized carbons (Fsp3) is 0.318. The van der Waals surface area contributed by atoms with Crippen LogP contribution < -0.4 is 9.47 Å². The van der Waals surface area contributed by atoms with Crippen molar-refractivity contribution in [1.29, 1.82) is 0 Å². The Hall–Kier alpha value is -2.59. The number of aliphatic hydroxyl groups excluding tert-OH is 1. The molecule has 0 amide bonds. The van der Waals surface area contributed by atoms with E-state index in [0.29, 0.717) is 24.5 Å². The number of hydrogen-bond donors (Lipinski definition) is 1. The van der Waals surface area contributed by atoms with Gasteiger partial charge in [-0.05, 0) is 38.0 Å². The second-order valence-electron chi connectivity index (χ2n) is 6.81. The second kappa shape index (κ2) is 7.75. The lowest BCUT2D eigenvalue weighted by molar-refractivity contribution is -0.131. The van der Waals surface area contributed by atoms with Crippen LogP contribution >= 0.6 is 0 Å². The van der Waals surface area contributed by atoms with Gasteiger partial charge < -0.3 is 14.6 Å². The van der Waals surface area contributed by atoms with Crippen molar-refractivity contribution in [3.8, 4) is 11.5 Å². The van der Waals surface area contributed by atoms with Crippen LogP contribution in [0, 0.1) is 0 Å². The molecule has 0 radical (unpaired) electrons. The molecule has 0 saturated heterocycles. The summed E-state index contributed by atoms with van der Waals surface area (Å²) in [4.78, 5) is 11.4. The van der Waals surface area contributed by atoms with Crippen LogP contribution in [0.1, 0.15) is 49.5 Å². The van der Waals surface area contributed by atoms with Crippen LogP contribution in [0.2, 0.25) is 0 Å². The highest BCUT2D eigenvalue weighted by molar-refractivity contribution is 5.71. The van der Waals surface area contributed by atoms with Crippen molar-refractivity contribution >= 4 is 5.97 Å². The van der Waals surface area contributed by atoms with E-state index in [9.17, 15) is 9.90 Å². The van der Waals surface area contributed by atoms with Gasteiger partial charge in [-0.3, -0.25) is 4.79 Å². The first kappa shape index (κ1) is 18.2. The van der Waals surface area contributed by atoms with Gasteiger partial charge in [0, 0.05) is 24.0 Å². The highest BCUT2D eigenvalue weighted by Gasteiger charge is 2.33. The molecule has 1 heterocycles. The van der Waals surface area contributed by atoms with Crippen LogP contribution in [0.25, 0.3) is 0 Å². The number of carbonyl (C=O) groups excluding carboxylic acids is 1. The molecule has 3 rings (SSSR count). The molecular weight excluding hydrogens is 328 g/mol. The van der Waals surface area contributed by atoms with E-state index in [4.69, 9.17) is 9.47 Å². The molecule has 4 heteroatoms. The van der Waals surface area contributed by atoms with Gasteiger partial charge in [0.05, 0.1) is 12.7 Å². The van der Waals surface area contributed by atoms with Crippen molar-refractivity contribution in [1.82, 2.24) is 0 Å². The molecule has 0 fully saturated rings. The number of allylic oxidation sites excluding steroid dienone is 2. The third kappa shape index (κ3) is 3.81. The van der Waals surface area contributed by atoms with Crippen LogP contribution in [0.5, 0.6) is 11.5 Å². The summed E-state index contributed by atoms with van der Waals surface area (Å²) in [5.41, 5.74) is 3.73. The summed E-state index contributed by atoms with van der Waals surface area (Å²) >= 11 is 0. The van der Waals surface area contributed by atoms with Gasteiger partial charge in [-0.25, -0.2) is 0 Å². The van der Waals surface area contributed by atoms with Crippen molar-refractivity contribution in [2.75, 3.05) is 6.61 Å². The number of carbonyl (C=O) groups is 1. The quantitative estimate of drug-likeness (QED) is 0.505. The van der Waals surface area contributed by atoms with E-state index in [0.717, 1.165) is 22.3 Å². The van der Waals surface area contributed by atoms with Crippen molar-refractivity contribution < 1.29 is 19.4 Å². The van der Waals surface area contributed by atoms with E-state index < -0.39 is 6.10 Å². The first-order valence-electron chi connectivity index (χ1n) is 8.80. The summed E-state index contributed by atoms with van der Waals surface area (Å²) in [5.74, 6) is 0.613. The summed E-state index contributed by atoms with van der Waals surface area (Å²) in [6, 6.07) is 13.4. The molecule has 1 aliphatic rings. The van der Waals surface area contributed by atoms with E-state index >= 15 is 0 Å². The van der Waals surface area contributed by atoms with E-state index in [1.165, 1.54) is 6.92 Å². The topological polar surface area (TPSA) is 55.8 Å². The van der Waals surface area contributed by atoms with Gasteiger partial charge in [0.25, 0.3) is 0 Å². The van der Waals surface area contributed by atoms with Crippen LogP contribution in [0.4, 0.5) is 0 Å². The minimum atomic E-state index is -0.669. The summed E-state index contributed by atoms with van der Waals surface area (Å²) in [6.07, 6.45) is 1.97. The lowest BCUT2D eigenvalue weighted by Gasteiger charge is -2.32. The summed E-state index contributed by atoms with van der Waals surface area (Å²) in [7, 11) is 0. The average molecular weight is 352 g/mol. The summed E-state index contributed by atoms with van der Waals surface area (Å²) in [6.45, 7) is 5.79. The van der Waals surface area contributed by atoms with Crippen LogP contribution in [-0.2, 0) is 11.2 Å². The molecule has 0 unspecified atom stereocenters. The Labute approximate surface area is 154 Å². The molecule has 4 nitrogen and oxygen atoms in total. The van der Waals surface area contributed by atoms with Gasteiger partial charge in [-0.1, -0.05) is 42.0 Å². The van der Waals surface area contributed by atoms with Gasteiger partial charge >= 0.3 is 5.97 Å². The van der Waals surface area contributed by atoms with E-state index in [1.54, 1.807) is 12.1 Å². The highest BCUT2D eigenvalue weighted by atomic mass is 16.5. The maximum absolute atomic E-state index is 11.4. The normalized spacial score (nSPS) is 18.5. The maximum Gasteiger partial charge on any atom is 0.308 e. The van der Waals surface area contributed by atoms with Crippen LogP contribution in [0.3, 0.4) is 0 Å². The minimum absolute atomic E-state index is 0.125. The molecule has 2 atom stereocenters. The van der Waals surface area contributed by atoms with Crippen molar-refractivity contribution in [2.24, 2.45) is 0 Å². The molecule has 0 spiro atoms. The number of hydrogen-bond acceptors (Lipinski definition) is 4. The molecule has 0 aliphatic carbocycles. The Balaban J connectivity index is 2.01. The zero-order valence-corrected chi connectivity index (χ0v) is 15.4. The van der Waals surface area contributed by atoms with Gasteiger partial charge in [0.15, 0.2) is 0 Å². The minimum Gasteiger partial charge on any atom is -0.492 e. The van der Waals surface area contributed by atoms with Crippen LogP contribution in [-0.4, -0.2) is 17.7 Å². The van der Waals surface area contributed by atoms with Crippen molar-refractivity contribution in [2.45, 2.75) is 39.2 Å². The predicted molar refractivity (Wildman–Crippen MR) is 101 cm³/mol. The molecular formula is C22H24O4. The monoisotopic (exact) mass is 352 g/mol. The average Bonchev–Trinajstić information content (AvgIpc) is 2.61. The predicted octanol–water partition coefficient (Wildman–Crippen LogP) is 4.33. The lowest BCUT2D eigenvalue weighted by atomic mass is 9.86. The molecule has 0 aromatic heterocycles. The first-order valence-corrected chi connectivity index (χ1v) is 8.80. The van der Waals surface area contributed by atoms with Gasteiger partial charge in [-0.2, -0.15) is 0 Å². The van der Waals surface area contributed by atoms with Gasteiger partial charge in [0.2, 0.25) is 0 Å². The summed E-state index contributed by atoms with van der Waals surface area (Å²) in [5, 5.41) is 10.9. The molecule has 0 bridgehead atoms. The molecule has 1 aliphatic heterocycles. The van der Waals surface area contributed by atoms with E-state index in [-0.39, 0.29) is 11.9 Å².